The van der Waals surface area contributed by atoms with Gasteiger partial charge in [-0.05, 0) is 114 Å². The summed E-state index contributed by atoms with van der Waals surface area (Å²) in [6.07, 6.45) is 0. The Morgan fingerprint density at radius 2 is 1.00 bits per heavy atom. The summed E-state index contributed by atoms with van der Waals surface area (Å²) in [5, 5.41) is 8.44. The molecular formula is C52H33NO. The molecule has 0 saturated heterocycles. The molecule has 1 heterocycles. The molecular weight excluding hydrogens is 655 g/mol. The maximum atomic E-state index is 9.79. The van der Waals surface area contributed by atoms with Crippen LogP contribution < -0.4 is 4.90 Å². The van der Waals surface area contributed by atoms with Gasteiger partial charge < -0.3 is 9.32 Å². The smallest absolute Gasteiger partial charge is 0.143 e. The lowest BCUT2D eigenvalue weighted by atomic mass is 9.93. The van der Waals surface area contributed by atoms with Gasteiger partial charge in [0.25, 0.3) is 0 Å². The number of rotatable bonds is 5. The number of nitrogens with zero attached hydrogens (tertiary/aromatic N) is 1. The van der Waals surface area contributed by atoms with Gasteiger partial charge in [0.2, 0.25) is 0 Å². The highest BCUT2D eigenvalue weighted by Crippen LogP contribution is 2.45. The minimum atomic E-state index is -0.413. The first-order chi connectivity index (χ1) is 30.1. The molecule has 0 amide bonds. The molecule has 0 atom stereocenters. The Kier molecular flexibility index (Phi) is 5.30. The molecule has 11 aromatic rings. The molecule has 0 radical (unpaired) electrons. The lowest BCUT2D eigenvalue weighted by Gasteiger charge is -2.27. The van der Waals surface area contributed by atoms with Crippen LogP contribution in [0.4, 0.5) is 17.1 Å². The highest BCUT2D eigenvalue weighted by atomic mass is 16.3. The topological polar surface area (TPSA) is 16.4 Å². The van der Waals surface area contributed by atoms with Crippen molar-refractivity contribution < 1.29 is 15.4 Å². The van der Waals surface area contributed by atoms with Gasteiger partial charge in [-0.25, -0.2) is 0 Å². The fraction of sp³-hybridized carbons (Fsp3) is 0. The normalized spacial score (nSPS) is 13.8. The maximum absolute atomic E-state index is 9.79. The van der Waals surface area contributed by atoms with Crippen molar-refractivity contribution in [3.8, 4) is 22.3 Å². The largest absolute Gasteiger partial charge is 0.455 e. The third-order valence-corrected chi connectivity index (χ3v) is 10.4. The maximum Gasteiger partial charge on any atom is 0.143 e. The molecule has 0 bridgehead atoms. The van der Waals surface area contributed by atoms with Crippen molar-refractivity contribution in [1.82, 2.24) is 0 Å². The number of anilines is 3. The summed E-state index contributed by atoms with van der Waals surface area (Å²) in [5.74, 6) is 0. The molecule has 2 nitrogen and oxygen atoms in total. The predicted octanol–water partition coefficient (Wildman–Crippen LogP) is 15.0. The van der Waals surface area contributed by atoms with Gasteiger partial charge in [0.15, 0.2) is 0 Å². The van der Waals surface area contributed by atoms with E-state index in [9.17, 15) is 11.0 Å². The van der Waals surface area contributed by atoms with Crippen LogP contribution in [0.1, 0.15) is 11.0 Å². The minimum absolute atomic E-state index is 0.103. The van der Waals surface area contributed by atoms with Crippen molar-refractivity contribution in [3.63, 3.8) is 0 Å². The molecule has 54 heavy (non-hydrogen) atoms. The number of hydrogen-bond acceptors (Lipinski definition) is 2. The molecule has 0 saturated carbocycles. The third kappa shape index (κ3) is 4.88. The van der Waals surface area contributed by atoms with E-state index >= 15 is 0 Å². The van der Waals surface area contributed by atoms with E-state index in [0.717, 1.165) is 43.1 Å². The van der Waals surface area contributed by atoms with Crippen LogP contribution in [0.25, 0.3) is 87.3 Å². The second kappa shape index (κ2) is 12.2. The van der Waals surface area contributed by atoms with Crippen molar-refractivity contribution in [1.29, 1.82) is 0 Å². The van der Waals surface area contributed by atoms with Crippen LogP contribution >= 0.6 is 0 Å². The summed E-state index contributed by atoms with van der Waals surface area (Å²) in [7, 11) is 0. The molecule has 0 spiro atoms. The van der Waals surface area contributed by atoms with E-state index in [-0.39, 0.29) is 46.7 Å². The van der Waals surface area contributed by atoms with Crippen molar-refractivity contribution in [3.05, 3.63) is 200 Å². The van der Waals surface area contributed by atoms with E-state index < -0.39 is 24.2 Å². The number of benzene rings is 10. The second-order valence-corrected chi connectivity index (χ2v) is 13.5. The first kappa shape index (κ1) is 23.4. The Morgan fingerprint density at radius 1 is 0.389 bits per heavy atom. The molecule has 0 fully saturated rings. The molecule has 0 unspecified atom stereocenters. The predicted molar refractivity (Wildman–Crippen MR) is 229 cm³/mol. The van der Waals surface area contributed by atoms with Crippen LogP contribution in [0.3, 0.4) is 0 Å². The average Bonchev–Trinajstić information content (AvgIpc) is 3.70. The molecule has 1 aromatic heterocycles. The fourth-order valence-electron chi connectivity index (χ4n) is 7.79. The average molecular weight is 696 g/mol. The zero-order valence-electron chi connectivity index (χ0n) is 36.8. The van der Waals surface area contributed by atoms with Gasteiger partial charge in [-0.15, -0.1) is 0 Å². The highest BCUT2D eigenvalue weighted by Gasteiger charge is 2.21. The van der Waals surface area contributed by atoms with Crippen molar-refractivity contribution in [2.75, 3.05) is 4.90 Å². The standard InChI is InChI=1S/C52H33NO/c1-2-12-38-32-39(21-20-34(38)10-1)35-22-27-41(28-23-35)53(49-18-9-19-50-51(49)47-31-26-36-11-3-6-15-44(36)52(47)54-50)42-29-24-37(25-30-42)48-33-40-13-4-5-14-43(40)45-16-7-8-17-46(45)48/h1-33H/i22D,23D,24D,25D,27D,28D,29D,30D. The van der Waals surface area contributed by atoms with E-state index in [1.165, 1.54) is 4.90 Å². The Hall–Kier alpha value is -7.16. The molecule has 0 aliphatic rings. The van der Waals surface area contributed by atoms with Crippen molar-refractivity contribution in [2.24, 2.45) is 0 Å². The third-order valence-electron chi connectivity index (χ3n) is 10.4. The van der Waals surface area contributed by atoms with Crippen LogP contribution in [0, 0.1) is 0 Å². The van der Waals surface area contributed by atoms with E-state index in [2.05, 4.69) is 0 Å². The quantitative estimate of drug-likeness (QED) is 0.167. The summed E-state index contributed by atoms with van der Waals surface area (Å²) in [5.41, 5.74) is 2.15. The zero-order valence-corrected chi connectivity index (χ0v) is 28.8. The molecule has 10 aromatic carbocycles. The Morgan fingerprint density at radius 3 is 1.78 bits per heavy atom. The van der Waals surface area contributed by atoms with Crippen LogP contribution in [-0.2, 0) is 0 Å². The summed E-state index contributed by atoms with van der Waals surface area (Å²) >= 11 is 0. The van der Waals surface area contributed by atoms with Crippen LogP contribution in [-0.4, -0.2) is 0 Å². The van der Waals surface area contributed by atoms with Gasteiger partial charge in [0.1, 0.15) is 11.2 Å². The summed E-state index contributed by atoms with van der Waals surface area (Å²) < 4.78 is 83.8. The Balaban J connectivity index is 1.23. The lowest BCUT2D eigenvalue weighted by Crippen LogP contribution is -2.10. The van der Waals surface area contributed by atoms with Crippen LogP contribution in [0.5, 0.6) is 0 Å². The summed E-state index contributed by atoms with van der Waals surface area (Å²) in [6.45, 7) is 0. The van der Waals surface area contributed by atoms with E-state index in [4.69, 9.17) is 4.42 Å². The number of hydrogen-bond donors (Lipinski definition) is 0. The molecule has 0 aliphatic heterocycles. The molecule has 11 rings (SSSR count). The SMILES string of the molecule is [2H]c1c([2H])c(N(c2c([2H])c([2H])c(-c3cc4ccccc4c4ccccc34)c([2H])c2[2H])c2cccc3oc4c5ccccc5ccc4c23)c([2H])c([2H])c1-c1ccc2ccccc2c1. The van der Waals surface area contributed by atoms with Crippen molar-refractivity contribution >= 4 is 82.1 Å². The fourth-order valence-corrected chi connectivity index (χ4v) is 7.79. The van der Waals surface area contributed by atoms with Gasteiger partial charge in [-0.3, -0.25) is 0 Å². The van der Waals surface area contributed by atoms with Gasteiger partial charge in [-0.2, -0.15) is 0 Å². The molecule has 252 valence electrons. The van der Waals surface area contributed by atoms with Gasteiger partial charge >= 0.3 is 0 Å². The van der Waals surface area contributed by atoms with Crippen molar-refractivity contribution in [2.45, 2.75) is 0 Å². The monoisotopic (exact) mass is 695 g/mol. The second-order valence-electron chi connectivity index (χ2n) is 13.5. The minimum Gasteiger partial charge on any atom is -0.455 e. The summed E-state index contributed by atoms with van der Waals surface area (Å²) in [4.78, 5) is 1.38. The van der Waals surface area contributed by atoms with E-state index in [1.807, 2.05) is 127 Å². The molecule has 0 N–H and O–H groups in total. The van der Waals surface area contributed by atoms with E-state index in [0.29, 0.717) is 38.8 Å². The van der Waals surface area contributed by atoms with Gasteiger partial charge in [0, 0.05) is 22.1 Å². The number of furan rings is 1. The van der Waals surface area contributed by atoms with Gasteiger partial charge in [0.05, 0.1) is 22.0 Å². The Bertz CT molecular complexity index is 3650. The van der Waals surface area contributed by atoms with Crippen LogP contribution in [0.15, 0.2) is 204 Å². The highest BCUT2D eigenvalue weighted by molar-refractivity contribution is 6.20. The van der Waals surface area contributed by atoms with Crippen LogP contribution in [0.2, 0.25) is 0 Å². The molecule has 2 heteroatoms. The summed E-state index contributed by atoms with van der Waals surface area (Å²) in [6, 6.07) is 44.8. The molecule has 0 aliphatic carbocycles. The Labute approximate surface area is 324 Å². The van der Waals surface area contributed by atoms with E-state index in [1.54, 1.807) is 24.3 Å². The zero-order chi connectivity index (χ0) is 42.6. The van der Waals surface area contributed by atoms with Gasteiger partial charge in [-0.1, -0.05) is 145 Å². The first-order valence-corrected chi connectivity index (χ1v) is 17.9. The first-order valence-electron chi connectivity index (χ1n) is 21.9. The lowest BCUT2D eigenvalue weighted by molar-refractivity contribution is 0.672. The number of fused-ring (bicyclic) bond motifs is 9.